The van der Waals surface area contributed by atoms with Crippen molar-refractivity contribution in [1.82, 2.24) is 15.2 Å². The van der Waals surface area contributed by atoms with E-state index in [1.165, 1.54) is 29.3 Å². The zero-order valence-electron chi connectivity index (χ0n) is 12.9. The Hall–Kier alpha value is -3.14. The van der Waals surface area contributed by atoms with Gasteiger partial charge in [0.25, 0.3) is 5.91 Å². The molecule has 7 heteroatoms. The first kappa shape index (κ1) is 15.7. The van der Waals surface area contributed by atoms with Crippen molar-refractivity contribution in [3.63, 3.8) is 0 Å². The third-order valence-corrected chi connectivity index (χ3v) is 4.09. The molecule has 24 heavy (non-hydrogen) atoms. The molecule has 2 aromatic rings. The molecule has 0 unspecified atom stereocenters. The summed E-state index contributed by atoms with van der Waals surface area (Å²) in [6.07, 6.45) is 2.97. The monoisotopic (exact) mass is 324 g/mol. The van der Waals surface area contributed by atoms with Gasteiger partial charge in [-0.2, -0.15) is 5.26 Å². The Morgan fingerprint density at radius 1 is 1.42 bits per heavy atom. The maximum absolute atomic E-state index is 12.4. The number of carbonyl (C=O) groups excluding carboxylic acids is 2. The molecule has 122 valence electrons. The smallest absolute Gasteiger partial charge is 0.252 e. The highest BCUT2D eigenvalue weighted by Gasteiger charge is 2.28. The second-order valence-corrected chi connectivity index (χ2v) is 5.62. The number of nitrogens with zero attached hydrogens (tertiary/aromatic N) is 3. The number of hydrogen-bond donors (Lipinski definition) is 2. The molecule has 0 spiro atoms. The van der Waals surface area contributed by atoms with Gasteiger partial charge < -0.3 is 15.3 Å². The largest absolute Gasteiger partial charge is 0.508 e. The van der Waals surface area contributed by atoms with Gasteiger partial charge in [-0.1, -0.05) is 0 Å². The molecule has 2 amide bonds. The van der Waals surface area contributed by atoms with E-state index < -0.39 is 11.9 Å². The number of carbonyl (C=O) groups is 2. The van der Waals surface area contributed by atoms with Gasteiger partial charge in [0.1, 0.15) is 11.8 Å². The number of fused-ring (bicyclic) bond motifs is 1. The van der Waals surface area contributed by atoms with Crippen LogP contribution in [0, 0.1) is 11.3 Å². The number of amides is 2. The van der Waals surface area contributed by atoms with E-state index in [4.69, 9.17) is 5.26 Å². The van der Waals surface area contributed by atoms with Gasteiger partial charge in [-0.15, -0.1) is 0 Å². The fourth-order valence-corrected chi connectivity index (χ4v) is 2.88. The number of benzene rings is 1. The number of nitriles is 1. The molecular weight excluding hydrogens is 308 g/mol. The van der Waals surface area contributed by atoms with Crippen LogP contribution < -0.4 is 5.32 Å². The standard InChI is InChI=1S/C17H16N4O3/c18-9-11-2-1-7-21(11)16(23)10-20-17(24)13-5-6-19-15-4-3-12(22)8-14(13)15/h3-6,8,11,22H,1-2,7,10H2,(H,20,24)/t11-/m0/s1. The maximum Gasteiger partial charge on any atom is 0.252 e. The topological polar surface area (TPSA) is 106 Å². The van der Waals surface area contributed by atoms with Crippen LogP contribution in [0.5, 0.6) is 5.75 Å². The minimum atomic E-state index is -0.422. The van der Waals surface area contributed by atoms with Crippen LogP contribution in [-0.2, 0) is 4.79 Å². The SMILES string of the molecule is N#C[C@@H]1CCCN1C(=O)CNC(=O)c1ccnc2ccc(O)cc12. The van der Waals surface area contributed by atoms with Crippen molar-refractivity contribution in [2.24, 2.45) is 0 Å². The fourth-order valence-electron chi connectivity index (χ4n) is 2.88. The highest BCUT2D eigenvalue weighted by Crippen LogP contribution is 2.21. The van der Waals surface area contributed by atoms with E-state index in [1.54, 1.807) is 6.07 Å². The molecule has 0 radical (unpaired) electrons. The Balaban J connectivity index is 1.73. The predicted molar refractivity (Wildman–Crippen MR) is 86.1 cm³/mol. The number of aromatic nitrogens is 1. The molecule has 2 N–H and O–H groups in total. The van der Waals surface area contributed by atoms with Crippen molar-refractivity contribution in [3.05, 3.63) is 36.0 Å². The Kier molecular flexibility index (Phi) is 4.29. The fraction of sp³-hybridized carbons (Fsp3) is 0.294. The van der Waals surface area contributed by atoms with Crippen molar-refractivity contribution in [1.29, 1.82) is 5.26 Å². The molecule has 0 aliphatic carbocycles. The first-order valence-electron chi connectivity index (χ1n) is 7.65. The lowest BCUT2D eigenvalue weighted by Crippen LogP contribution is -2.42. The van der Waals surface area contributed by atoms with Crippen LogP contribution in [0.1, 0.15) is 23.2 Å². The number of nitrogens with one attached hydrogen (secondary N) is 1. The second kappa shape index (κ2) is 6.54. The van der Waals surface area contributed by atoms with Crippen LogP contribution in [0.2, 0.25) is 0 Å². The van der Waals surface area contributed by atoms with E-state index in [0.29, 0.717) is 29.4 Å². The molecular formula is C17H16N4O3. The summed E-state index contributed by atoms with van der Waals surface area (Å²) in [6.45, 7) is 0.374. The van der Waals surface area contributed by atoms with Gasteiger partial charge in [0.05, 0.1) is 23.7 Å². The van der Waals surface area contributed by atoms with Crippen molar-refractivity contribution >= 4 is 22.7 Å². The molecule has 3 rings (SSSR count). The number of likely N-dealkylation sites (tertiary alicyclic amines) is 1. The van der Waals surface area contributed by atoms with Crippen molar-refractivity contribution < 1.29 is 14.7 Å². The highest BCUT2D eigenvalue weighted by molar-refractivity contribution is 6.07. The number of aromatic hydroxyl groups is 1. The maximum atomic E-state index is 12.4. The second-order valence-electron chi connectivity index (χ2n) is 5.62. The number of phenolic OH excluding ortho intramolecular Hbond substituents is 1. The van der Waals surface area contributed by atoms with Gasteiger partial charge in [-0.25, -0.2) is 0 Å². The Bertz CT molecular complexity index is 843. The van der Waals surface area contributed by atoms with Gasteiger partial charge in [-0.3, -0.25) is 14.6 Å². The molecule has 1 fully saturated rings. The molecule has 0 bridgehead atoms. The van der Waals surface area contributed by atoms with Gasteiger partial charge >= 0.3 is 0 Å². The van der Waals surface area contributed by atoms with E-state index in [0.717, 1.165) is 6.42 Å². The summed E-state index contributed by atoms with van der Waals surface area (Å²) in [7, 11) is 0. The van der Waals surface area contributed by atoms with E-state index >= 15 is 0 Å². The van der Waals surface area contributed by atoms with E-state index in [-0.39, 0.29) is 18.2 Å². The molecule has 1 aromatic carbocycles. The van der Waals surface area contributed by atoms with Crippen LogP contribution in [0.15, 0.2) is 30.5 Å². The van der Waals surface area contributed by atoms with E-state index in [2.05, 4.69) is 16.4 Å². The summed E-state index contributed by atoms with van der Waals surface area (Å²) in [6, 6.07) is 7.81. The number of phenols is 1. The van der Waals surface area contributed by atoms with E-state index in [9.17, 15) is 14.7 Å². The molecule has 1 saturated heterocycles. The van der Waals surface area contributed by atoms with Crippen LogP contribution in [0.4, 0.5) is 0 Å². The summed E-state index contributed by atoms with van der Waals surface area (Å²) in [5.74, 6) is -0.655. The van der Waals surface area contributed by atoms with Crippen molar-refractivity contribution in [2.75, 3.05) is 13.1 Å². The van der Waals surface area contributed by atoms with Crippen molar-refractivity contribution in [2.45, 2.75) is 18.9 Å². The number of hydrogen-bond acceptors (Lipinski definition) is 5. The quantitative estimate of drug-likeness (QED) is 0.882. The lowest BCUT2D eigenvalue weighted by molar-refractivity contribution is -0.130. The average molecular weight is 324 g/mol. The van der Waals surface area contributed by atoms with Crippen LogP contribution in [0.3, 0.4) is 0 Å². The molecule has 1 aliphatic rings. The molecule has 1 atom stereocenters. The molecule has 1 aliphatic heterocycles. The van der Waals surface area contributed by atoms with Gasteiger partial charge in [0, 0.05) is 18.1 Å². The predicted octanol–water partition coefficient (Wildman–Crippen LogP) is 1.18. The summed E-state index contributed by atoms with van der Waals surface area (Å²) in [5.41, 5.74) is 0.915. The Morgan fingerprint density at radius 2 is 2.25 bits per heavy atom. The third-order valence-electron chi connectivity index (χ3n) is 4.09. The minimum absolute atomic E-state index is 0.0366. The molecule has 0 saturated carbocycles. The molecule has 1 aromatic heterocycles. The van der Waals surface area contributed by atoms with Crippen LogP contribution in [0.25, 0.3) is 10.9 Å². The normalized spacial score (nSPS) is 16.8. The number of pyridine rings is 1. The van der Waals surface area contributed by atoms with Crippen LogP contribution >= 0.6 is 0 Å². The van der Waals surface area contributed by atoms with E-state index in [1.807, 2.05) is 0 Å². The minimum Gasteiger partial charge on any atom is -0.508 e. The number of rotatable bonds is 3. The Labute approximate surface area is 138 Å². The van der Waals surface area contributed by atoms with Crippen LogP contribution in [-0.4, -0.2) is 45.9 Å². The third kappa shape index (κ3) is 2.99. The van der Waals surface area contributed by atoms with Gasteiger partial charge in [0.15, 0.2) is 0 Å². The van der Waals surface area contributed by atoms with Crippen molar-refractivity contribution in [3.8, 4) is 11.8 Å². The summed E-state index contributed by atoms with van der Waals surface area (Å²) in [4.78, 5) is 30.2. The highest BCUT2D eigenvalue weighted by atomic mass is 16.3. The first-order valence-corrected chi connectivity index (χ1v) is 7.65. The lowest BCUT2D eigenvalue weighted by atomic mass is 10.1. The molecule has 2 heterocycles. The van der Waals surface area contributed by atoms with Gasteiger partial charge in [0.2, 0.25) is 5.91 Å². The lowest BCUT2D eigenvalue weighted by Gasteiger charge is -2.19. The zero-order valence-corrected chi connectivity index (χ0v) is 12.9. The summed E-state index contributed by atoms with van der Waals surface area (Å²) < 4.78 is 0. The van der Waals surface area contributed by atoms with Gasteiger partial charge in [-0.05, 0) is 37.1 Å². The summed E-state index contributed by atoms with van der Waals surface area (Å²) in [5, 5.41) is 21.7. The Morgan fingerprint density at radius 3 is 3.04 bits per heavy atom. The zero-order chi connectivity index (χ0) is 17.1. The summed E-state index contributed by atoms with van der Waals surface area (Å²) >= 11 is 0. The first-order chi connectivity index (χ1) is 11.6. The average Bonchev–Trinajstić information content (AvgIpc) is 3.07. The molecule has 7 nitrogen and oxygen atoms in total.